The van der Waals surface area contributed by atoms with Crippen LogP contribution < -0.4 is 5.43 Å². The summed E-state index contributed by atoms with van der Waals surface area (Å²) >= 11 is 1.46. The largest absolute Gasteiger partial charge is 0.480 e. The molecular weight excluding hydrogens is 270 g/mol. The molecule has 7 nitrogen and oxygen atoms in total. The lowest BCUT2D eigenvalue weighted by Crippen LogP contribution is -2.49. The minimum atomic E-state index is -1.00. The molecule has 0 aromatic carbocycles. The molecule has 0 bridgehead atoms. The Morgan fingerprint density at radius 2 is 2.26 bits per heavy atom. The van der Waals surface area contributed by atoms with E-state index in [2.05, 4.69) is 10.5 Å². The third-order valence-electron chi connectivity index (χ3n) is 3.11. The van der Waals surface area contributed by atoms with Crippen LogP contribution in [0.5, 0.6) is 0 Å². The average molecular weight is 285 g/mol. The van der Waals surface area contributed by atoms with Crippen LogP contribution in [0.3, 0.4) is 0 Å². The molecule has 8 heteroatoms. The molecule has 0 aromatic heterocycles. The normalized spacial score (nSPS) is 26.9. The standard InChI is InChI=1S/C11H15N3O4S/c1-2-9-14(7(5-19-9)11(17)18)10(16)6-3-4-8(15)13-12-6/h7,9H,2-5H2,1H3,(H,13,15)(H,17,18). The van der Waals surface area contributed by atoms with E-state index in [-0.39, 0.29) is 35.7 Å². The number of carbonyl (C=O) groups excluding carboxylic acids is 2. The zero-order chi connectivity index (χ0) is 14.0. The summed E-state index contributed by atoms with van der Waals surface area (Å²) in [5.41, 5.74) is 2.49. The highest BCUT2D eigenvalue weighted by molar-refractivity contribution is 8.00. The van der Waals surface area contributed by atoms with E-state index < -0.39 is 12.0 Å². The Hall–Kier alpha value is -1.57. The molecule has 1 saturated heterocycles. The van der Waals surface area contributed by atoms with E-state index in [9.17, 15) is 14.4 Å². The lowest BCUT2D eigenvalue weighted by molar-refractivity contribution is -0.146. The number of rotatable bonds is 3. The van der Waals surface area contributed by atoms with Gasteiger partial charge in [-0.25, -0.2) is 10.2 Å². The van der Waals surface area contributed by atoms with Gasteiger partial charge in [0.1, 0.15) is 11.8 Å². The minimum absolute atomic E-state index is 0.145. The number of carbonyl (C=O) groups is 3. The summed E-state index contributed by atoms with van der Waals surface area (Å²) in [7, 11) is 0. The van der Waals surface area contributed by atoms with Crippen LogP contribution in [0.4, 0.5) is 0 Å². The first-order valence-corrected chi connectivity index (χ1v) is 7.12. The second-order valence-corrected chi connectivity index (χ2v) is 5.57. The Bertz CT molecular complexity index is 451. The Morgan fingerprint density at radius 3 is 2.79 bits per heavy atom. The van der Waals surface area contributed by atoms with Gasteiger partial charge in [-0.15, -0.1) is 11.8 Å². The molecule has 2 unspecified atom stereocenters. The van der Waals surface area contributed by atoms with Crippen LogP contribution in [0.25, 0.3) is 0 Å². The lowest BCUT2D eigenvalue weighted by Gasteiger charge is -2.27. The molecule has 2 aliphatic rings. The van der Waals surface area contributed by atoms with E-state index in [1.54, 1.807) is 0 Å². The zero-order valence-corrected chi connectivity index (χ0v) is 11.3. The highest BCUT2D eigenvalue weighted by atomic mass is 32.2. The number of carboxylic acid groups (broad SMARTS) is 1. The molecule has 104 valence electrons. The molecular formula is C11H15N3O4S. The van der Waals surface area contributed by atoms with Gasteiger partial charge in [0.15, 0.2) is 0 Å². The Kier molecular flexibility index (Phi) is 4.08. The van der Waals surface area contributed by atoms with Gasteiger partial charge in [0.05, 0.1) is 5.37 Å². The van der Waals surface area contributed by atoms with Crippen molar-refractivity contribution < 1.29 is 19.5 Å². The third-order valence-corrected chi connectivity index (χ3v) is 4.57. The molecule has 2 N–H and O–H groups in total. The molecule has 2 amide bonds. The first kappa shape index (κ1) is 13.9. The molecule has 0 aliphatic carbocycles. The van der Waals surface area contributed by atoms with Gasteiger partial charge in [-0.05, 0) is 6.42 Å². The van der Waals surface area contributed by atoms with Crippen LogP contribution >= 0.6 is 11.8 Å². The maximum Gasteiger partial charge on any atom is 0.327 e. The summed E-state index contributed by atoms with van der Waals surface area (Å²) in [4.78, 5) is 35.9. The van der Waals surface area contributed by atoms with Crippen molar-refractivity contribution >= 4 is 35.3 Å². The van der Waals surface area contributed by atoms with Crippen LogP contribution in [-0.2, 0) is 14.4 Å². The molecule has 0 radical (unpaired) electrons. The van der Waals surface area contributed by atoms with Gasteiger partial charge < -0.3 is 10.0 Å². The first-order valence-electron chi connectivity index (χ1n) is 6.07. The fourth-order valence-corrected chi connectivity index (χ4v) is 3.46. The summed E-state index contributed by atoms with van der Waals surface area (Å²) in [5, 5.41) is 12.8. The van der Waals surface area contributed by atoms with Crippen LogP contribution in [0.2, 0.25) is 0 Å². The number of amides is 2. The first-order chi connectivity index (χ1) is 9.04. The maximum absolute atomic E-state index is 12.4. The summed E-state index contributed by atoms with van der Waals surface area (Å²) in [6.07, 6.45) is 1.15. The number of thioether (sulfide) groups is 1. The number of nitrogens with one attached hydrogen (secondary N) is 1. The SMILES string of the molecule is CCC1SCC(C(=O)O)N1C(=O)C1=NNC(=O)CC1. The molecule has 1 fully saturated rings. The van der Waals surface area contributed by atoms with Crippen LogP contribution in [0.15, 0.2) is 5.10 Å². The van der Waals surface area contributed by atoms with Crippen molar-refractivity contribution in [3.8, 4) is 0 Å². The predicted molar refractivity (Wildman–Crippen MR) is 69.6 cm³/mol. The van der Waals surface area contributed by atoms with E-state index in [1.165, 1.54) is 16.7 Å². The number of carboxylic acids is 1. The van der Waals surface area contributed by atoms with Crippen molar-refractivity contribution in [3.05, 3.63) is 0 Å². The monoisotopic (exact) mass is 285 g/mol. The van der Waals surface area contributed by atoms with Crippen LogP contribution in [0.1, 0.15) is 26.2 Å². The highest BCUT2D eigenvalue weighted by Gasteiger charge is 2.42. The number of hydrogen-bond acceptors (Lipinski definition) is 5. The van der Waals surface area contributed by atoms with Gasteiger partial charge in [-0.2, -0.15) is 5.10 Å². The van der Waals surface area contributed by atoms with E-state index >= 15 is 0 Å². The zero-order valence-electron chi connectivity index (χ0n) is 10.5. The number of nitrogens with zero attached hydrogens (tertiary/aromatic N) is 2. The van der Waals surface area contributed by atoms with Crippen molar-refractivity contribution in [2.24, 2.45) is 5.10 Å². The fraction of sp³-hybridized carbons (Fsp3) is 0.636. The molecule has 2 aliphatic heterocycles. The van der Waals surface area contributed by atoms with E-state index in [0.717, 1.165) is 0 Å². The quantitative estimate of drug-likeness (QED) is 0.761. The third kappa shape index (κ3) is 2.73. The molecule has 2 heterocycles. The second kappa shape index (κ2) is 5.60. The number of aliphatic carboxylic acids is 1. The molecule has 0 saturated carbocycles. The predicted octanol–water partition coefficient (Wildman–Crippen LogP) is 0.0171. The molecule has 2 atom stereocenters. The summed E-state index contributed by atoms with van der Waals surface area (Å²) < 4.78 is 0. The van der Waals surface area contributed by atoms with Gasteiger partial charge in [-0.1, -0.05) is 6.92 Å². The number of hydrogen-bond donors (Lipinski definition) is 2. The smallest absolute Gasteiger partial charge is 0.327 e. The van der Waals surface area contributed by atoms with Gasteiger partial charge in [0, 0.05) is 18.6 Å². The van der Waals surface area contributed by atoms with Gasteiger partial charge in [-0.3, -0.25) is 9.59 Å². The molecule has 2 rings (SSSR count). The Labute approximate surface area is 114 Å². The van der Waals surface area contributed by atoms with Crippen molar-refractivity contribution in [1.82, 2.24) is 10.3 Å². The Morgan fingerprint density at radius 1 is 1.53 bits per heavy atom. The number of hydrazone groups is 1. The molecule has 19 heavy (non-hydrogen) atoms. The van der Waals surface area contributed by atoms with Crippen LogP contribution in [-0.4, -0.2) is 50.7 Å². The van der Waals surface area contributed by atoms with E-state index in [0.29, 0.717) is 12.2 Å². The summed E-state index contributed by atoms with van der Waals surface area (Å²) in [6.45, 7) is 1.91. The van der Waals surface area contributed by atoms with Crippen molar-refractivity contribution in [3.63, 3.8) is 0 Å². The second-order valence-electron chi connectivity index (χ2n) is 4.36. The van der Waals surface area contributed by atoms with Gasteiger partial charge in [0.2, 0.25) is 5.91 Å². The van der Waals surface area contributed by atoms with Crippen molar-refractivity contribution in [1.29, 1.82) is 0 Å². The summed E-state index contributed by atoms with van der Waals surface area (Å²) in [6, 6.07) is -0.817. The lowest BCUT2D eigenvalue weighted by atomic mass is 10.1. The topological polar surface area (TPSA) is 99.1 Å². The van der Waals surface area contributed by atoms with Gasteiger partial charge in [0.25, 0.3) is 5.91 Å². The Balaban J connectivity index is 2.19. The van der Waals surface area contributed by atoms with Crippen molar-refractivity contribution in [2.45, 2.75) is 37.6 Å². The highest BCUT2D eigenvalue weighted by Crippen LogP contribution is 2.31. The van der Waals surface area contributed by atoms with Crippen LogP contribution in [0, 0.1) is 0 Å². The minimum Gasteiger partial charge on any atom is -0.480 e. The average Bonchev–Trinajstić information content (AvgIpc) is 2.82. The molecule has 0 spiro atoms. The van der Waals surface area contributed by atoms with E-state index in [4.69, 9.17) is 5.11 Å². The fourth-order valence-electron chi connectivity index (χ4n) is 2.12. The van der Waals surface area contributed by atoms with Gasteiger partial charge >= 0.3 is 5.97 Å². The van der Waals surface area contributed by atoms with Crippen molar-refractivity contribution in [2.75, 3.05) is 5.75 Å². The maximum atomic E-state index is 12.4. The van der Waals surface area contributed by atoms with E-state index in [1.807, 2.05) is 6.92 Å². The molecule has 0 aromatic rings. The summed E-state index contributed by atoms with van der Waals surface area (Å²) in [5.74, 6) is -1.23.